The van der Waals surface area contributed by atoms with Crippen LogP contribution in [0.25, 0.3) is 0 Å². The lowest BCUT2D eigenvalue weighted by Gasteiger charge is -1.99. The van der Waals surface area contributed by atoms with Crippen molar-refractivity contribution in [2.75, 3.05) is 12.4 Å². The van der Waals surface area contributed by atoms with E-state index in [2.05, 4.69) is 20.9 Å². The third kappa shape index (κ3) is 3.56. The number of halogens is 1. The molecule has 12 heavy (non-hydrogen) atoms. The normalized spacial score (nSPS) is 10.2. The smallest absolute Gasteiger partial charge is 0.0521 e. The molecule has 0 saturated carbocycles. The van der Waals surface area contributed by atoms with E-state index in [0.717, 1.165) is 16.0 Å². The minimum absolute atomic E-state index is 0.242. The Morgan fingerprint density at radius 1 is 1.50 bits per heavy atom. The number of hydrogen-bond donors (Lipinski definition) is 1. The Balaban J connectivity index is 2.41. The van der Waals surface area contributed by atoms with E-state index in [1.165, 1.54) is 5.56 Å². The van der Waals surface area contributed by atoms with Crippen molar-refractivity contribution in [2.24, 2.45) is 0 Å². The van der Waals surface area contributed by atoms with Gasteiger partial charge in [-0.3, -0.25) is 4.98 Å². The molecular formula is C8H10BrNOS. The molecule has 1 aromatic heterocycles. The molecular weight excluding hydrogens is 238 g/mol. The standard InChI is InChI=1S/C8H10BrNOS/c9-8-3-7(4-10-5-8)6-12-2-1-11/h3-5,11H,1-2,6H2. The minimum Gasteiger partial charge on any atom is -0.396 e. The largest absolute Gasteiger partial charge is 0.396 e. The number of pyridine rings is 1. The molecule has 1 rings (SSSR count). The molecule has 0 aliphatic rings. The maximum absolute atomic E-state index is 8.55. The van der Waals surface area contributed by atoms with Gasteiger partial charge in [0.15, 0.2) is 0 Å². The zero-order chi connectivity index (χ0) is 8.81. The summed E-state index contributed by atoms with van der Waals surface area (Å²) >= 11 is 5.05. The van der Waals surface area contributed by atoms with Crippen molar-refractivity contribution in [3.8, 4) is 0 Å². The van der Waals surface area contributed by atoms with Crippen LogP contribution in [0.1, 0.15) is 5.56 Å². The van der Waals surface area contributed by atoms with Gasteiger partial charge in [0.05, 0.1) is 6.61 Å². The number of nitrogens with zero attached hydrogens (tertiary/aromatic N) is 1. The lowest BCUT2D eigenvalue weighted by Crippen LogP contribution is -1.88. The Labute approximate surface area is 84.5 Å². The lowest BCUT2D eigenvalue weighted by molar-refractivity contribution is 0.322. The van der Waals surface area contributed by atoms with Crippen LogP contribution in [-0.4, -0.2) is 22.5 Å². The molecule has 0 spiro atoms. The topological polar surface area (TPSA) is 33.1 Å². The Kier molecular flexibility index (Phi) is 4.65. The van der Waals surface area contributed by atoms with Gasteiger partial charge < -0.3 is 5.11 Å². The van der Waals surface area contributed by atoms with E-state index >= 15 is 0 Å². The van der Waals surface area contributed by atoms with Gasteiger partial charge >= 0.3 is 0 Å². The molecule has 2 nitrogen and oxygen atoms in total. The summed E-state index contributed by atoms with van der Waals surface area (Å²) in [5.41, 5.74) is 1.18. The molecule has 0 bridgehead atoms. The van der Waals surface area contributed by atoms with E-state index in [-0.39, 0.29) is 6.61 Å². The van der Waals surface area contributed by atoms with E-state index in [4.69, 9.17) is 5.11 Å². The molecule has 1 aromatic rings. The Bertz CT molecular complexity index is 244. The van der Waals surface area contributed by atoms with Crippen molar-refractivity contribution < 1.29 is 5.11 Å². The fraction of sp³-hybridized carbons (Fsp3) is 0.375. The van der Waals surface area contributed by atoms with Crippen LogP contribution in [0.15, 0.2) is 22.9 Å². The van der Waals surface area contributed by atoms with Crippen LogP contribution in [0.4, 0.5) is 0 Å². The van der Waals surface area contributed by atoms with Crippen LogP contribution in [0, 0.1) is 0 Å². The van der Waals surface area contributed by atoms with Crippen molar-refractivity contribution in [1.82, 2.24) is 4.98 Å². The number of aliphatic hydroxyl groups excluding tert-OH is 1. The van der Waals surface area contributed by atoms with Crippen molar-refractivity contribution in [3.63, 3.8) is 0 Å². The van der Waals surface area contributed by atoms with Gasteiger partial charge in [0, 0.05) is 28.4 Å². The highest BCUT2D eigenvalue weighted by Gasteiger charge is 1.94. The molecule has 0 amide bonds. The molecule has 66 valence electrons. The molecule has 0 aromatic carbocycles. The average molecular weight is 248 g/mol. The molecule has 0 saturated heterocycles. The van der Waals surface area contributed by atoms with E-state index in [9.17, 15) is 0 Å². The highest BCUT2D eigenvalue weighted by atomic mass is 79.9. The van der Waals surface area contributed by atoms with Gasteiger partial charge in [0.1, 0.15) is 0 Å². The summed E-state index contributed by atoms with van der Waals surface area (Å²) in [6, 6.07) is 2.04. The predicted octanol–water partition coefficient (Wildman–Crippen LogP) is 2.07. The van der Waals surface area contributed by atoms with Crippen LogP contribution in [0.5, 0.6) is 0 Å². The number of aromatic nitrogens is 1. The van der Waals surface area contributed by atoms with Gasteiger partial charge in [-0.15, -0.1) is 0 Å². The molecule has 4 heteroatoms. The maximum Gasteiger partial charge on any atom is 0.0521 e. The first-order valence-electron chi connectivity index (χ1n) is 3.61. The number of rotatable bonds is 4. The molecule has 0 aliphatic carbocycles. The highest BCUT2D eigenvalue weighted by Crippen LogP contribution is 2.14. The first-order chi connectivity index (χ1) is 5.83. The average Bonchev–Trinajstić information content (AvgIpc) is 2.05. The molecule has 1 N–H and O–H groups in total. The third-order valence-corrected chi connectivity index (χ3v) is 2.71. The van der Waals surface area contributed by atoms with Gasteiger partial charge in [-0.1, -0.05) is 0 Å². The van der Waals surface area contributed by atoms with Crippen LogP contribution in [0.3, 0.4) is 0 Å². The summed E-state index contributed by atoms with van der Waals surface area (Å²) in [7, 11) is 0. The van der Waals surface area contributed by atoms with Gasteiger partial charge in [-0.25, -0.2) is 0 Å². The summed E-state index contributed by atoms with van der Waals surface area (Å²) in [5.74, 6) is 1.69. The second-order valence-electron chi connectivity index (χ2n) is 2.29. The Morgan fingerprint density at radius 3 is 3.00 bits per heavy atom. The van der Waals surface area contributed by atoms with E-state index in [1.54, 1.807) is 18.0 Å². The van der Waals surface area contributed by atoms with Crippen LogP contribution >= 0.6 is 27.7 Å². The second kappa shape index (κ2) is 5.56. The van der Waals surface area contributed by atoms with E-state index in [0.29, 0.717) is 0 Å². The summed E-state index contributed by atoms with van der Waals surface area (Å²) in [4.78, 5) is 4.04. The van der Waals surface area contributed by atoms with Crippen molar-refractivity contribution >= 4 is 27.7 Å². The van der Waals surface area contributed by atoms with E-state index < -0.39 is 0 Å². The quantitative estimate of drug-likeness (QED) is 0.828. The summed E-state index contributed by atoms with van der Waals surface area (Å²) in [6.45, 7) is 0.242. The molecule has 0 atom stereocenters. The predicted molar refractivity (Wildman–Crippen MR) is 55.2 cm³/mol. The molecule has 1 heterocycles. The Morgan fingerprint density at radius 2 is 2.33 bits per heavy atom. The van der Waals surface area contributed by atoms with E-state index in [1.807, 2.05) is 12.3 Å². The molecule has 0 aliphatic heterocycles. The zero-order valence-electron chi connectivity index (χ0n) is 6.53. The fourth-order valence-corrected chi connectivity index (χ4v) is 1.87. The monoisotopic (exact) mass is 247 g/mol. The van der Waals surface area contributed by atoms with Gasteiger partial charge in [0.25, 0.3) is 0 Å². The molecule has 0 radical (unpaired) electrons. The summed E-state index contributed by atoms with van der Waals surface area (Å²) < 4.78 is 1.00. The number of aliphatic hydroxyl groups is 1. The van der Waals surface area contributed by atoms with Gasteiger partial charge in [-0.05, 0) is 27.6 Å². The van der Waals surface area contributed by atoms with Crippen LogP contribution < -0.4 is 0 Å². The van der Waals surface area contributed by atoms with Gasteiger partial charge in [0.2, 0.25) is 0 Å². The number of thioether (sulfide) groups is 1. The van der Waals surface area contributed by atoms with Crippen LogP contribution in [-0.2, 0) is 5.75 Å². The maximum atomic E-state index is 8.55. The zero-order valence-corrected chi connectivity index (χ0v) is 8.94. The fourth-order valence-electron chi connectivity index (χ4n) is 0.789. The van der Waals surface area contributed by atoms with Gasteiger partial charge in [-0.2, -0.15) is 11.8 Å². The highest BCUT2D eigenvalue weighted by molar-refractivity contribution is 9.10. The summed E-state index contributed by atoms with van der Waals surface area (Å²) in [6.07, 6.45) is 3.61. The van der Waals surface area contributed by atoms with Crippen molar-refractivity contribution in [3.05, 3.63) is 28.5 Å². The minimum atomic E-state index is 0.242. The number of hydrogen-bond acceptors (Lipinski definition) is 3. The summed E-state index contributed by atoms with van der Waals surface area (Å²) in [5, 5.41) is 8.55. The van der Waals surface area contributed by atoms with Crippen LogP contribution in [0.2, 0.25) is 0 Å². The van der Waals surface area contributed by atoms with Crippen molar-refractivity contribution in [1.29, 1.82) is 0 Å². The Hall–Kier alpha value is -0.0600. The second-order valence-corrected chi connectivity index (χ2v) is 4.31. The van der Waals surface area contributed by atoms with Crippen molar-refractivity contribution in [2.45, 2.75) is 5.75 Å². The lowest BCUT2D eigenvalue weighted by atomic mass is 10.3. The first-order valence-corrected chi connectivity index (χ1v) is 5.55. The molecule has 0 fully saturated rings. The third-order valence-electron chi connectivity index (χ3n) is 1.27. The first kappa shape index (κ1) is 10.0. The SMILES string of the molecule is OCCSCc1cncc(Br)c1. The molecule has 0 unspecified atom stereocenters.